The highest BCUT2D eigenvalue weighted by atomic mass is 35.5. The van der Waals surface area contributed by atoms with Gasteiger partial charge in [-0.3, -0.25) is 4.79 Å². The summed E-state index contributed by atoms with van der Waals surface area (Å²) in [6.45, 7) is 0. The minimum atomic E-state index is -0.545. The van der Waals surface area contributed by atoms with E-state index in [9.17, 15) is 9.18 Å². The lowest BCUT2D eigenvalue weighted by Gasteiger charge is -2.04. The van der Waals surface area contributed by atoms with Crippen molar-refractivity contribution in [3.63, 3.8) is 0 Å². The van der Waals surface area contributed by atoms with E-state index in [4.69, 9.17) is 34.8 Å². The number of ketones is 1. The molecule has 0 aliphatic carbocycles. The topological polar surface area (TPSA) is 17.1 Å². The van der Waals surface area contributed by atoms with Crippen LogP contribution in [0.5, 0.6) is 0 Å². The van der Waals surface area contributed by atoms with Gasteiger partial charge < -0.3 is 0 Å². The smallest absolute Gasteiger partial charge is 0.167 e. The first-order valence-electron chi connectivity index (χ1n) is 5.39. The molecule has 0 aromatic heterocycles. The third-order valence-corrected chi connectivity index (χ3v) is 3.28. The molecule has 0 saturated heterocycles. The molecule has 2 aromatic rings. The molecule has 5 heteroatoms. The molecule has 2 aromatic carbocycles. The van der Waals surface area contributed by atoms with Crippen LogP contribution in [-0.2, 0) is 6.42 Å². The molecule has 0 heterocycles. The molecule has 98 valence electrons. The molecule has 0 radical (unpaired) electrons. The molecule has 19 heavy (non-hydrogen) atoms. The van der Waals surface area contributed by atoms with Gasteiger partial charge in [0.15, 0.2) is 5.78 Å². The van der Waals surface area contributed by atoms with Crippen LogP contribution in [0.4, 0.5) is 4.39 Å². The number of Topliss-reactive ketones (excluding diaryl/α,β-unsaturated/α-hetero) is 1. The molecule has 0 aliphatic rings. The lowest BCUT2D eigenvalue weighted by Crippen LogP contribution is -2.04. The lowest BCUT2D eigenvalue weighted by atomic mass is 10.0. The summed E-state index contributed by atoms with van der Waals surface area (Å²) in [4.78, 5) is 12.0. The summed E-state index contributed by atoms with van der Waals surface area (Å²) in [5.74, 6) is -0.734. The number of benzene rings is 2. The maximum atomic E-state index is 13.3. The van der Waals surface area contributed by atoms with Crippen LogP contribution in [0, 0.1) is 5.82 Å². The van der Waals surface area contributed by atoms with Gasteiger partial charge in [-0.25, -0.2) is 4.39 Å². The number of carbonyl (C=O) groups is 1. The van der Waals surface area contributed by atoms with Gasteiger partial charge in [0.25, 0.3) is 0 Å². The van der Waals surface area contributed by atoms with Crippen molar-refractivity contribution in [2.24, 2.45) is 0 Å². The van der Waals surface area contributed by atoms with Crippen LogP contribution in [-0.4, -0.2) is 5.78 Å². The third kappa shape index (κ3) is 3.69. The summed E-state index contributed by atoms with van der Waals surface area (Å²) in [5.41, 5.74) is 0.941. The molecule has 1 nitrogen and oxygen atoms in total. The second-order valence-electron chi connectivity index (χ2n) is 4.01. The summed E-state index contributed by atoms with van der Waals surface area (Å²) in [7, 11) is 0. The second kappa shape index (κ2) is 5.91. The Morgan fingerprint density at radius 2 is 1.63 bits per heavy atom. The first kappa shape index (κ1) is 14.3. The predicted molar refractivity (Wildman–Crippen MR) is 75.9 cm³/mol. The van der Waals surface area contributed by atoms with Crippen LogP contribution in [0.25, 0.3) is 0 Å². The summed E-state index contributed by atoms with van der Waals surface area (Å²) in [6.07, 6.45) is 0.0603. The van der Waals surface area contributed by atoms with Crippen molar-refractivity contribution in [3.8, 4) is 0 Å². The molecule has 0 N–H and O–H groups in total. The quantitative estimate of drug-likeness (QED) is 0.710. The van der Waals surface area contributed by atoms with Crippen molar-refractivity contribution in [2.45, 2.75) is 6.42 Å². The van der Waals surface area contributed by atoms with Crippen LogP contribution in [0.2, 0.25) is 15.1 Å². The molecule has 0 aliphatic heterocycles. The summed E-state index contributed by atoms with van der Waals surface area (Å²) >= 11 is 17.2. The average molecular weight is 318 g/mol. The van der Waals surface area contributed by atoms with Gasteiger partial charge in [-0.05, 0) is 35.9 Å². The van der Waals surface area contributed by atoms with E-state index in [0.717, 1.165) is 0 Å². The van der Waals surface area contributed by atoms with E-state index in [1.54, 1.807) is 12.1 Å². The van der Waals surface area contributed by atoms with E-state index < -0.39 is 5.82 Å². The van der Waals surface area contributed by atoms with Gasteiger partial charge >= 0.3 is 0 Å². The Bertz CT molecular complexity index is 620. The van der Waals surface area contributed by atoms with Crippen molar-refractivity contribution >= 4 is 40.6 Å². The zero-order chi connectivity index (χ0) is 14.0. The molecular formula is C14H8Cl3FO. The number of hydrogen-bond acceptors (Lipinski definition) is 1. The van der Waals surface area contributed by atoms with Gasteiger partial charge in [0, 0.05) is 22.0 Å². The summed E-state index contributed by atoms with van der Waals surface area (Å²) in [6, 6.07) is 8.87. The molecule has 0 atom stereocenters. The Morgan fingerprint density at radius 1 is 1.00 bits per heavy atom. The van der Waals surface area contributed by atoms with Crippen molar-refractivity contribution in [1.82, 2.24) is 0 Å². The van der Waals surface area contributed by atoms with E-state index in [2.05, 4.69) is 0 Å². The normalized spacial score (nSPS) is 10.5. The van der Waals surface area contributed by atoms with E-state index in [1.807, 2.05) is 0 Å². The molecule has 0 amide bonds. The molecule has 0 fully saturated rings. The Kier molecular flexibility index (Phi) is 4.46. The van der Waals surface area contributed by atoms with Crippen LogP contribution >= 0.6 is 34.8 Å². The minimum absolute atomic E-state index is 0.0296. The van der Waals surface area contributed by atoms with Gasteiger partial charge in [0.1, 0.15) is 5.82 Å². The molecule has 0 saturated carbocycles. The van der Waals surface area contributed by atoms with E-state index in [1.165, 1.54) is 24.3 Å². The van der Waals surface area contributed by atoms with Gasteiger partial charge in [-0.15, -0.1) is 0 Å². The largest absolute Gasteiger partial charge is 0.294 e. The number of carbonyl (C=O) groups excluding carboxylic acids is 1. The maximum absolute atomic E-state index is 13.3. The lowest BCUT2D eigenvalue weighted by molar-refractivity contribution is 0.0993. The standard InChI is InChI=1S/C14H8Cl3FO/c15-10-5-9(6-11(16)7-10)14(19)4-8-1-2-12(17)13(18)3-8/h1-3,5-7H,4H2. The van der Waals surface area contributed by atoms with E-state index >= 15 is 0 Å². The Balaban J connectivity index is 2.22. The van der Waals surface area contributed by atoms with Gasteiger partial charge in [0.05, 0.1) is 5.02 Å². The number of halogens is 4. The highest BCUT2D eigenvalue weighted by Crippen LogP contribution is 2.21. The predicted octanol–water partition coefficient (Wildman–Crippen LogP) is 5.21. The molecule has 2 rings (SSSR count). The van der Waals surface area contributed by atoms with E-state index in [-0.39, 0.29) is 17.2 Å². The average Bonchev–Trinajstić information content (AvgIpc) is 2.32. The van der Waals surface area contributed by atoms with Gasteiger partial charge in [-0.1, -0.05) is 40.9 Å². The SMILES string of the molecule is O=C(Cc1ccc(Cl)c(F)c1)c1cc(Cl)cc(Cl)c1. The minimum Gasteiger partial charge on any atom is -0.294 e. The fourth-order valence-corrected chi connectivity index (χ4v) is 2.30. The van der Waals surface area contributed by atoms with Crippen molar-refractivity contribution < 1.29 is 9.18 Å². The van der Waals surface area contributed by atoms with Crippen LogP contribution < -0.4 is 0 Å². The zero-order valence-electron chi connectivity index (χ0n) is 9.59. The molecule has 0 unspecified atom stereocenters. The molecular weight excluding hydrogens is 310 g/mol. The molecule has 0 bridgehead atoms. The first-order chi connectivity index (χ1) is 8.95. The van der Waals surface area contributed by atoms with Crippen molar-refractivity contribution in [2.75, 3.05) is 0 Å². The van der Waals surface area contributed by atoms with Gasteiger partial charge in [0.2, 0.25) is 0 Å². The Morgan fingerprint density at radius 3 is 2.21 bits per heavy atom. The first-order valence-corrected chi connectivity index (χ1v) is 6.52. The Labute approximate surface area is 124 Å². The second-order valence-corrected chi connectivity index (χ2v) is 5.29. The third-order valence-electron chi connectivity index (χ3n) is 2.53. The molecule has 0 spiro atoms. The highest BCUT2D eigenvalue weighted by Gasteiger charge is 2.10. The zero-order valence-corrected chi connectivity index (χ0v) is 11.9. The van der Waals surface area contributed by atoms with Gasteiger partial charge in [-0.2, -0.15) is 0 Å². The van der Waals surface area contributed by atoms with Crippen LogP contribution in [0.3, 0.4) is 0 Å². The summed E-state index contributed by atoms with van der Waals surface area (Å²) in [5, 5.41) is 0.804. The Hall–Kier alpha value is -1.09. The van der Waals surface area contributed by atoms with Crippen molar-refractivity contribution in [3.05, 3.63) is 68.4 Å². The summed E-state index contributed by atoms with van der Waals surface area (Å²) < 4.78 is 13.3. The van der Waals surface area contributed by atoms with E-state index in [0.29, 0.717) is 21.2 Å². The fourth-order valence-electron chi connectivity index (χ4n) is 1.65. The monoisotopic (exact) mass is 316 g/mol. The van der Waals surface area contributed by atoms with Crippen LogP contribution in [0.15, 0.2) is 36.4 Å². The highest BCUT2D eigenvalue weighted by molar-refractivity contribution is 6.35. The van der Waals surface area contributed by atoms with Crippen LogP contribution in [0.1, 0.15) is 15.9 Å². The number of hydrogen-bond donors (Lipinski definition) is 0. The fraction of sp³-hybridized carbons (Fsp3) is 0.0714. The maximum Gasteiger partial charge on any atom is 0.167 e. The van der Waals surface area contributed by atoms with Crippen molar-refractivity contribution in [1.29, 1.82) is 0 Å². The number of rotatable bonds is 3.